The average Bonchev–Trinajstić information content (AvgIpc) is 2.65. The number of carbonyl (C=O) groups is 1. The second-order valence-electron chi connectivity index (χ2n) is 5.56. The topological polar surface area (TPSA) is 53.7 Å². The Bertz CT molecular complexity index is 675. The quantitative estimate of drug-likeness (QED) is 0.717. The van der Waals surface area contributed by atoms with Crippen LogP contribution in [0.3, 0.4) is 0 Å². The van der Waals surface area contributed by atoms with Gasteiger partial charge in [-0.1, -0.05) is 13.8 Å². The predicted molar refractivity (Wildman–Crippen MR) is 80.4 cm³/mol. The van der Waals surface area contributed by atoms with Crippen LogP contribution in [0.2, 0.25) is 0 Å². The minimum atomic E-state index is -0.895. The average molecular weight is 371 g/mol. The van der Waals surface area contributed by atoms with Gasteiger partial charge < -0.3 is 9.52 Å². The maximum absolute atomic E-state index is 11.2. The number of benzene rings is 1. The summed E-state index contributed by atoms with van der Waals surface area (Å²) >= 11 is 2.25. The number of furan rings is 1. The van der Waals surface area contributed by atoms with Crippen molar-refractivity contribution in [2.24, 2.45) is 0 Å². The monoisotopic (exact) mass is 371 g/mol. The first-order valence-corrected chi connectivity index (χ1v) is 7.15. The molecule has 0 atom stereocenters. The summed E-state index contributed by atoms with van der Waals surface area (Å²) in [6.07, 6.45) is -0.895. The summed E-state index contributed by atoms with van der Waals surface area (Å²) in [4.78, 5) is 12.6. The molecule has 2 aromatic rings. The van der Waals surface area contributed by atoms with Crippen molar-refractivity contribution in [3.63, 3.8) is 0 Å². The maximum atomic E-state index is 11.2. The third kappa shape index (κ3) is 2.00. The molecule has 0 radical (unpaired) electrons. The van der Waals surface area contributed by atoms with Gasteiger partial charge in [0, 0.05) is 26.5 Å². The van der Waals surface area contributed by atoms with Crippen molar-refractivity contribution in [3.8, 4) is 0 Å². The zero-order valence-corrected chi connectivity index (χ0v) is 12.9. The lowest BCUT2D eigenvalue weighted by Crippen LogP contribution is -2.44. The molecule has 19 heavy (non-hydrogen) atoms. The first kappa shape index (κ1) is 12.8. The van der Waals surface area contributed by atoms with E-state index in [2.05, 4.69) is 48.6 Å². The highest BCUT2D eigenvalue weighted by atomic mass is 127. The van der Waals surface area contributed by atoms with Crippen molar-refractivity contribution >= 4 is 39.7 Å². The van der Waals surface area contributed by atoms with Crippen molar-refractivity contribution in [1.29, 1.82) is 0 Å². The molecule has 1 aromatic heterocycles. The van der Waals surface area contributed by atoms with E-state index < -0.39 is 6.09 Å². The highest BCUT2D eigenvalue weighted by Crippen LogP contribution is 2.40. The Balaban J connectivity index is 2.22. The lowest BCUT2D eigenvalue weighted by atomic mass is 9.80. The van der Waals surface area contributed by atoms with Gasteiger partial charge in [-0.05, 0) is 40.8 Å². The third-order valence-corrected chi connectivity index (χ3v) is 4.26. The standard InChI is InChI=1S/C14H14INO3/c1-14(2)7-16(13(17)18)6-11-12(14)9-4-3-8(15)5-10(9)19-11/h3-5H,6-7H2,1-2H3,(H,17,18). The Labute approximate surface area is 124 Å². The van der Waals surface area contributed by atoms with E-state index in [0.717, 1.165) is 25.9 Å². The maximum Gasteiger partial charge on any atom is 0.407 e. The van der Waals surface area contributed by atoms with Crippen molar-refractivity contribution in [3.05, 3.63) is 33.1 Å². The second-order valence-corrected chi connectivity index (χ2v) is 6.81. The Kier molecular flexibility index (Phi) is 2.78. The van der Waals surface area contributed by atoms with Gasteiger partial charge in [-0.25, -0.2) is 4.79 Å². The smallest absolute Gasteiger partial charge is 0.407 e. The number of hydrogen-bond donors (Lipinski definition) is 1. The third-order valence-electron chi connectivity index (χ3n) is 3.59. The van der Waals surface area contributed by atoms with Crippen LogP contribution in [0.25, 0.3) is 11.0 Å². The van der Waals surface area contributed by atoms with Gasteiger partial charge in [0.1, 0.15) is 11.3 Å². The lowest BCUT2D eigenvalue weighted by molar-refractivity contribution is 0.120. The summed E-state index contributed by atoms with van der Waals surface area (Å²) in [5.74, 6) is 0.774. The summed E-state index contributed by atoms with van der Waals surface area (Å²) in [6.45, 7) is 4.96. The van der Waals surface area contributed by atoms with Crippen LogP contribution in [0.1, 0.15) is 25.2 Å². The van der Waals surface area contributed by atoms with Crippen LogP contribution in [0.15, 0.2) is 22.6 Å². The number of fused-ring (bicyclic) bond motifs is 3. The zero-order chi connectivity index (χ0) is 13.8. The number of rotatable bonds is 0. The molecular formula is C14H14INO3. The molecule has 4 nitrogen and oxygen atoms in total. The van der Waals surface area contributed by atoms with Crippen molar-refractivity contribution in [2.45, 2.75) is 25.8 Å². The van der Waals surface area contributed by atoms with Crippen LogP contribution >= 0.6 is 22.6 Å². The molecule has 0 aliphatic carbocycles. The van der Waals surface area contributed by atoms with Crippen molar-refractivity contribution in [2.75, 3.05) is 6.54 Å². The Morgan fingerprint density at radius 3 is 2.89 bits per heavy atom. The molecule has 0 spiro atoms. The number of halogens is 1. The normalized spacial score (nSPS) is 17.5. The van der Waals surface area contributed by atoms with E-state index >= 15 is 0 Å². The molecule has 1 aromatic carbocycles. The largest absolute Gasteiger partial charge is 0.465 e. The van der Waals surface area contributed by atoms with Crippen LogP contribution < -0.4 is 0 Å². The molecule has 0 saturated heterocycles. The highest BCUT2D eigenvalue weighted by molar-refractivity contribution is 14.1. The van der Waals surface area contributed by atoms with E-state index in [9.17, 15) is 9.90 Å². The number of amides is 1. The van der Waals surface area contributed by atoms with Gasteiger partial charge >= 0.3 is 6.09 Å². The highest BCUT2D eigenvalue weighted by Gasteiger charge is 2.38. The number of carboxylic acid groups (broad SMARTS) is 1. The molecule has 1 aliphatic heterocycles. The summed E-state index contributed by atoms with van der Waals surface area (Å²) in [6, 6.07) is 6.12. The number of hydrogen-bond acceptors (Lipinski definition) is 2. The van der Waals surface area contributed by atoms with Crippen LogP contribution in [-0.4, -0.2) is 22.6 Å². The van der Waals surface area contributed by atoms with E-state index in [1.807, 2.05) is 6.07 Å². The molecule has 2 heterocycles. The molecule has 1 aliphatic rings. The Hall–Kier alpha value is -1.24. The lowest BCUT2D eigenvalue weighted by Gasteiger charge is -2.35. The van der Waals surface area contributed by atoms with E-state index in [1.54, 1.807) is 0 Å². The zero-order valence-electron chi connectivity index (χ0n) is 10.7. The molecule has 1 amide bonds. The minimum absolute atomic E-state index is 0.232. The minimum Gasteiger partial charge on any atom is -0.465 e. The first-order chi connectivity index (χ1) is 8.88. The molecule has 3 rings (SSSR count). The van der Waals surface area contributed by atoms with Gasteiger partial charge in [0.25, 0.3) is 0 Å². The molecule has 1 N–H and O–H groups in total. The fraction of sp³-hybridized carbons (Fsp3) is 0.357. The van der Waals surface area contributed by atoms with Gasteiger partial charge in [-0.15, -0.1) is 0 Å². The van der Waals surface area contributed by atoms with Gasteiger partial charge in [-0.3, -0.25) is 4.90 Å². The van der Waals surface area contributed by atoms with Gasteiger partial charge in [-0.2, -0.15) is 0 Å². The van der Waals surface area contributed by atoms with Crippen molar-refractivity contribution in [1.82, 2.24) is 4.90 Å². The molecule has 0 saturated carbocycles. The summed E-state index contributed by atoms with van der Waals surface area (Å²) in [7, 11) is 0. The van der Waals surface area contributed by atoms with Crippen LogP contribution in [0.5, 0.6) is 0 Å². The first-order valence-electron chi connectivity index (χ1n) is 6.08. The van der Waals surface area contributed by atoms with Gasteiger partial charge in [0.15, 0.2) is 0 Å². The molecule has 0 unspecified atom stereocenters. The van der Waals surface area contributed by atoms with Crippen LogP contribution in [0.4, 0.5) is 4.79 Å². The second kappa shape index (κ2) is 4.13. The summed E-state index contributed by atoms with van der Waals surface area (Å²) in [5.41, 5.74) is 1.76. The predicted octanol–water partition coefficient (Wildman–Crippen LogP) is 3.81. The Morgan fingerprint density at radius 2 is 2.21 bits per heavy atom. The van der Waals surface area contributed by atoms with Crippen LogP contribution in [-0.2, 0) is 12.0 Å². The molecular weight excluding hydrogens is 357 g/mol. The molecule has 0 fully saturated rings. The molecule has 100 valence electrons. The van der Waals surface area contributed by atoms with E-state index in [-0.39, 0.29) is 5.41 Å². The van der Waals surface area contributed by atoms with Gasteiger partial charge in [0.2, 0.25) is 0 Å². The van der Waals surface area contributed by atoms with Gasteiger partial charge in [0.05, 0.1) is 6.54 Å². The number of nitrogens with zero attached hydrogens (tertiary/aromatic N) is 1. The van der Waals surface area contributed by atoms with E-state index in [0.29, 0.717) is 13.1 Å². The van der Waals surface area contributed by atoms with Crippen molar-refractivity contribution < 1.29 is 14.3 Å². The SMILES string of the molecule is CC1(C)CN(C(=O)O)Cc2oc3cc(I)ccc3c21. The molecule has 5 heteroatoms. The fourth-order valence-electron chi connectivity index (χ4n) is 2.90. The van der Waals surface area contributed by atoms with Crippen LogP contribution in [0, 0.1) is 3.57 Å². The van der Waals surface area contributed by atoms with E-state index in [1.165, 1.54) is 4.90 Å². The fourth-order valence-corrected chi connectivity index (χ4v) is 3.36. The Morgan fingerprint density at radius 1 is 1.47 bits per heavy atom. The summed E-state index contributed by atoms with van der Waals surface area (Å²) < 4.78 is 6.99. The van der Waals surface area contributed by atoms with E-state index in [4.69, 9.17) is 4.42 Å². The molecule has 0 bridgehead atoms. The summed E-state index contributed by atoms with van der Waals surface area (Å²) in [5, 5.41) is 10.3.